The number of nitrogens with zero attached hydrogens (tertiary/aromatic N) is 2. The van der Waals surface area contributed by atoms with E-state index >= 15 is 0 Å². The summed E-state index contributed by atoms with van der Waals surface area (Å²) in [5.74, 6) is 0.350. The van der Waals surface area contributed by atoms with Crippen molar-refractivity contribution in [3.63, 3.8) is 0 Å². The molecule has 0 atom stereocenters. The lowest BCUT2D eigenvalue weighted by molar-refractivity contribution is 0.600. The highest BCUT2D eigenvalue weighted by atomic mass is 35.5. The summed E-state index contributed by atoms with van der Waals surface area (Å²) in [6.45, 7) is 1.79. The van der Waals surface area contributed by atoms with Crippen LogP contribution < -0.4 is 10.0 Å². The first-order valence-electron chi connectivity index (χ1n) is 5.71. The number of nitrogens with one attached hydrogen (secondary N) is 2. The average molecular weight is 313 g/mol. The summed E-state index contributed by atoms with van der Waals surface area (Å²) in [6.07, 6.45) is 2.47. The van der Waals surface area contributed by atoms with Crippen molar-refractivity contribution in [3.8, 4) is 0 Å². The highest BCUT2D eigenvalue weighted by molar-refractivity contribution is 7.92. The molecule has 2 rings (SSSR count). The van der Waals surface area contributed by atoms with Gasteiger partial charge in [-0.1, -0.05) is 17.7 Å². The highest BCUT2D eigenvalue weighted by Crippen LogP contribution is 2.23. The minimum atomic E-state index is -3.74. The van der Waals surface area contributed by atoms with Crippen molar-refractivity contribution in [1.29, 1.82) is 0 Å². The van der Waals surface area contributed by atoms with Crippen LogP contribution in [0.5, 0.6) is 0 Å². The van der Waals surface area contributed by atoms with Gasteiger partial charge in [-0.2, -0.15) is 0 Å². The summed E-state index contributed by atoms with van der Waals surface area (Å²) in [5, 5.41) is 3.17. The lowest BCUT2D eigenvalue weighted by Gasteiger charge is -2.10. The fraction of sp³-hybridized carbons (Fsp3) is 0.167. The lowest BCUT2D eigenvalue weighted by atomic mass is 10.2. The van der Waals surface area contributed by atoms with Crippen molar-refractivity contribution in [1.82, 2.24) is 9.97 Å². The van der Waals surface area contributed by atoms with Crippen molar-refractivity contribution in [2.45, 2.75) is 11.8 Å². The van der Waals surface area contributed by atoms with Crippen molar-refractivity contribution in [3.05, 3.63) is 41.2 Å². The zero-order valence-electron chi connectivity index (χ0n) is 10.9. The molecule has 2 N–H and O–H groups in total. The van der Waals surface area contributed by atoms with Crippen LogP contribution in [0.25, 0.3) is 0 Å². The second kappa shape index (κ2) is 5.64. The summed E-state index contributed by atoms with van der Waals surface area (Å²) in [6, 6.07) is 4.98. The Balaban J connectivity index is 2.32. The van der Waals surface area contributed by atoms with Crippen molar-refractivity contribution < 1.29 is 8.42 Å². The molecule has 106 valence electrons. The molecule has 0 saturated carbocycles. The third kappa shape index (κ3) is 3.17. The fourth-order valence-electron chi connectivity index (χ4n) is 1.49. The number of aromatic nitrogens is 2. The van der Waals surface area contributed by atoms with Crippen molar-refractivity contribution >= 4 is 33.3 Å². The first kappa shape index (κ1) is 14.5. The Hall–Kier alpha value is -1.86. The minimum Gasteiger partial charge on any atom is -0.357 e. The van der Waals surface area contributed by atoms with E-state index in [1.807, 2.05) is 0 Å². The number of hydrogen-bond donors (Lipinski definition) is 2. The van der Waals surface area contributed by atoms with Gasteiger partial charge in [-0.3, -0.25) is 4.72 Å². The monoisotopic (exact) mass is 312 g/mol. The number of hydrogen-bond acceptors (Lipinski definition) is 5. The van der Waals surface area contributed by atoms with E-state index in [1.54, 1.807) is 32.2 Å². The molecule has 8 heteroatoms. The zero-order valence-corrected chi connectivity index (χ0v) is 12.5. The van der Waals surface area contributed by atoms with Crippen LogP contribution in [0.2, 0.25) is 5.02 Å². The number of halogens is 1. The second-order valence-electron chi connectivity index (χ2n) is 4.06. The standard InChI is InChI=1S/C12H13ClN4O2S/c1-8-3-4-9(13)5-11(8)17-20(18,19)10-6-15-12(14-2)16-7-10/h3-7,17H,1-2H3,(H,14,15,16). The Morgan fingerprint density at radius 1 is 1.20 bits per heavy atom. The first-order chi connectivity index (χ1) is 9.42. The van der Waals surface area contributed by atoms with Crippen LogP contribution in [0.3, 0.4) is 0 Å². The fourth-order valence-corrected chi connectivity index (χ4v) is 2.67. The number of rotatable bonds is 4. The molecular formula is C12H13ClN4O2S. The molecule has 0 aliphatic rings. The molecule has 0 saturated heterocycles. The molecule has 0 aliphatic carbocycles. The van der Waals surface area contributed by atoms with E-state index in [4.69, 9.17) is 11.6 Å². The van der Waals surface area contributed by atoms with Crippen LogP contribution in [0.4, 0.5) is 11.6 Å². The molecule has 0 spiro atoms. The third-order valence-corrected chi connectivity index (χ3v) is 4.16. The smallest absolute Gasteiger partial charge is 0.264 e. The summed E-state index contributed by atoms with van der Waals surface area (Å²) in [5.41, 5.74) is 1.20. The summed E-state index contributed by atoms with van der Waals surface area (Å²) in [4.78, 5) is 7.74. The molecule has 0 amide bonds. The molecule has 1 aromatic carbocycles. The van der Waals surface area contributed by atoms with Crippen LogP contribution in [0.1, 0.15) is 5.56 Å². The van der Waals surface area contributed by atoms with Crippen LogP contribution in [0, 0.1) is 6.92 Å². The maximum atomic E-state index is 12.2. The number of sulfonamides is 1. The van der Waals surface area contributed by atoms with E-state index in [2.05, 4.69) is 20.0 Å². The maximum absolute atomic E-state index is 12.2. The van der Waals surface area contributed by atoms with Crippen LogP contribution in [-0.2, 0) is 10.0 Å². The Labute approximate surface area is 122 Å². The summed E-state index contributed by atoms with van der Waals surface area (Å²) in [7, 11) is -2.09. The van der Waals surface area contributed by atoms with Gasteiger partial charge in [0.15, 0.2) is 0 Å². The molecule has 20 heavy (non-hydrogen) atoms. The maximum Gasteiger partial charge on any atom is 0.264 e. The van der Waals surface area contributed by atoms with Gasteiger partial charge in [0.1, 0.15) is 4.90 Å². The van der Waals surface area contributed by atoms with Gasteiger partial charge >= 0.3 is 0 Å². The Bertz CT molecular complexity index is 717. The molecule has 2 aromatic rings. The number of anilines is 2. The lowest BCUT2D eigenvalue weighted by Crippen LogP contribution is -2.14. The molecule has 0 radical (unpaired) electrons. The van der Waals surface area contributed by atoms with Gasteiger partial charge in [0.05, 0.1) is 18.1 Å². The van der Waals surface area contributed by atoms with Gasteiger partial charge in [-0.15, -0.1) is 0 Å². The topological polar surface area (TPSA) is 84.0 Å². The summed E-state index contributed by atoms with van der Waals surface area (Å²) < 4.78 is 26.9. The van der Waals surface area contributed by atoms with E-state index in [0.29, 0.717) is 16.7 Å². The number of aryl methyl sites for hydroxylation is 1. The SMILES string of the molecule is CNc1ncc(S(=O)(=O)Nc2cc(Cl)ccc2C)cn1. The number of benzene rings is 1. The quantitative estimate of drug-likeness (QED) is 0.905. The van der Waals surface area contributed by atoms with Gasteiger partial charge in [0.25, 0.3) is 10.0 Å². The van der Waals surface area contributed by atoms with Gasteiger partial charge < -0.3 is 5.32 Å². The minimum absolute atomic E-state index is 0.0177. The second-order valence-corrected chi connectivity index (χ2v) is 6.18. The van der Waals surface area contributed by atoms with Crippen LogP contribution in [-0.4, -0.2) is 25.4 Å². The molecule has 1 aromatic heterocycles. The highest BCUT2D eigenvalue weighted by Gasteiger charge is 2.16. The first-order valence-corrected chi connectivity index (χ1v) is 7.57. The Morgan fingerprint density at radius 3 is 2.45 bits per heavy atom. The molecular weight excluding hydrogens is 300 g/mol. The average Bonchev–Trinajstić information content (AvgIpc) is 2.43. The van der Waals surface area contributed by atoms with Gasteiger partial charge in [-0.25, -0.2) is 18.4 Å². The third-order valence-electron chi connectivity index (χ3n) is 2.61. The van der Waals surface area contributed by atoms with E-state index in [9.17, 15) is 8.42 Å². The molecule has 1 heterocycles. The zero-order chi connectivity index (χ0) is 14.8. The van der Waals surface area contributed by atoms with E-state index in [1.165, 1.54) is 12.4 Å². The van der Waals surface area contributed by atoms with Gasteiger partial charge in [0, 0.05) is 12.1 Å². The predicted octanol–water partition coefficient (Wildman–Crippen LogP) is 2.28. The van der Waals surface area contributed by atoms with Gasteiger partial charge in [0.2, 0.25) is 5.95 Å². The van der Waals surface area contributed by atoms with Gasteiger partial charge in [-0.05, 0) is 24.6 Å². The van der Waals surface area contributed by atoms with E-state index < -0.39 is 10.0 Å². The van der Waals surface area contributed by atoms with E-state index in [0.717, 1.165) is 5.56 Å². The molecule has 0 unspecified atom stereocenters. The predicted molar refractivity (Wildman–Crippen MR) is 78.6 cm³/mol. The molecule has 6 nitrogen and oxygen atoms in total. The van der Waals surface area contributed by atoms with Crippen LogP contribution >= 0.6 is 11.6 Å². The normalized spacial score (nSPS) is 11.2. The molecule has 0 bridgehead atoms. The largest absolute Gasteiger partial charge is 0.357 e. The van der Waals surface area contributed by atoms with Crippen molar-refractivity contribution in [2.24, 2.45) is 0 Å². The van der Waals surface area contributed by atoms with E-state index in [-0.39, 0.29) is 4.90 Å². The Morgan fingerprint density at radius 2 is 1.85 bits per heavy atom. The molecule has 0 aliphatic heterocycles. The Kier molecular flexibility index (Phi) is 4.10. The summed E-state index contributed by atoms with van der Waals surface area (Å²) >= 11 is 5.86. The van der Waals surface area contributed by atoms with Crippen molar-refractivity contribution in [2.75, 3.05) is 17.1 Å². The molecule has 0 fully saturated rings. The van der Waals surface area contributed by atoms with Crippen LogP contribution in [0.15, 0.2) is 35.5 Å².